The lowest BCUT2D eigenvalue weighted by Gasteiger charge is -2.28. The van der Waals surface area contributed by atoms with Gasteiger partial charge >= 0.3 is 0 Å². The Morgan fingerprint density at radius 1 is 1.09 bits per heavy atom. The first kappa shape index (κ1) is 21.9. The van der Waals surface area contributed by atoms with Crippen molar-refractivity contribution in [3.8, 4) is 11.5 Å². The summed E-state index contributed by atoms with van der Waals surface area (Å²) in [6.07, 6.45) is 1.59. The van der Waals surface area contributed by atoms with Crippen LogP contribution >= 0.6 is 0 Å². The minimum absolute atomic E-state index is 0.0593. The molecule has 2 saturated heterocycles. The fourth-order valence-electron chi connectivity index (χ4n) is 4.31. The second-order valence-electron chi connectivity index (χ2n) is 8.07. The van der Waals surface area contributed by atoms with Gasteiger partial charge in [-0.1, -0.05) is 35.9 Å². The molecule has 7 nitrogen and oxygen atoms in total. The molecule has 7 heteroatoms. The molecule has 2 fully saturated rings. The van der Waals surface area contributed by atoms with Crippen LogP contribution < -0.4 is 9.47 Å². The Bertz CT molecular complexity index is 1050. The number of benzene rings is 2. The third-order valence-electron chi connectivity index (χ3n) is 6.01. The number of carbonyl (C=O) groups is 2. The minimum atomic E-state index is -0.764. The van der Waals surface area contributed by atoms with Crippen molar-refractivity contribution in [2.75, 3.05) is 27.4 Å². The standard InChI is InChI=1S/C25H27NO6/c1-15-6-8-16(9-7-15)23(27)21-22(17-10-11-19(30-2)20(13-17)31-3)26(25(29)24(21)28)14-18-5-4-12-32-18/h6-11,13,18,22,27H,4-5,12,14H2,1-3H3/t18-,22+/m0/s1. The number of Topliss-reactive ketones (excluding diaryl/α,β-unsaturated/α-hetero) is 1. The van der Waals surface area contributed by atoms with E-state index in [1.54, 1.807) is 37.4 Å². The number of hydrogen-bond donors (Lipinski definition) is 1. The van der Waals surface area contributed by atoms with Gasteiger partial charge in [0.15, 0.2) is 11.5 Å². The number of aryl methyl sites for hydroxylation is 1. The lowest BCUT2D eigenvalue weighted by molar-refractivity contribution is -0.140. The first-order chi connectivity index (χ1) is 15.4. The van der Waals surface area contributed by atoms with Gasteiger partial charge in [-0.3, -0.25) is 9.59 Å². The van der Waals surface area contributed by atoms with Gasteiger partial charge in [-0.05, 0) is 37.5 Å². The monoisotopic (exact) mass is 437 g/mol. The van der Waals surface area contributed by atoms with Crippen LogP contribution in [0.5, 0.6) is 11.5 Å². The zero-order valence-corrected chi connectivity index (χ0v) is 18.5. The lowest BCUT2D eigenvalue weighted by atomic mass is 9.94. The van der Waals surface area contributed by atoms with Gasteiger partial charge in [0.1, 0.15) is 5.76 Å². The van der Waals surface area contributed by atoms with E-state index in [4.69, 9.17) is 14.2 Å². The Balaban J connectivity index is 1.85. The molecule has 0 saturated carbocycles. The summed E-state index contributed by atoms with van der Waals surface area (Å²) in [7, 11) is 3.07. The van der Waals surface area contributed by atoms with Crippen molar-refractivity contribution in [3.63, 3.8) is 0 Å². The van der Waals surface area contributed by atoms with Gasteiger partial charge in [-0.25, -0.2) is 0 Å². The molecule has 2 aromatic rings. The maximum Gasteiger partial charge on any atom is 0.295 e. The maximum atomic E-state index is 13.1. The summed E-state index contributed by atoms with van der Waals surface area (Å²) in [5.41, 5.74) is 2.21. The van der Waals surface area contributed by atoms with E-state index in [0.717, 1.165) is 18.4 Å². The predicted molar refractivity (Wildman–Crippen MR) is 119 cm³/mol. The molecule has 0 aliphatic carbocycles. The van der Waals surface area contributed by atoms with E-state index < -0.39 is 17.7 Å². The van der Waals surface area contributed by atoms with Crippen molar-refractivity contribution in [3.05, 3.63) is 64.7 Å². The molecule has 0 aromatic heterocycles. The van der Waals surface area contributed by atoms with Gasteiger partial charge in [-0.15, -0.1) is 0 Å². The van der Waals surface area contributed by atoms with Crippen LogP contribution in [0.2, 0.25) is 0 Å². The Labute approximate surface area is 187 Å². The average Bonchev–Trinajstić information content (AvgIpc) is 3.41. The first-order valence-electron chi connectivity index (χ1n) is 10.6. The third-order valence-corrected chi connectivity index (χ3v) is 6.01. The summed E-state index contributed by atoms with van der Waals surface area (Å²) in [5.74, 6) is -0.540. The number of aliphatic hydroxyl groups is 1. The van der Waals surface area contributed by atoms with Gasteiger partial charge in [-0.2, -0.15) is 0 Å². The molecule has 1 N–H and O–H groups in total. The molecule has 2 atom stereocenters. The lowest BCUT2D eigenvalue weighted by Crippen LogP contribution is -2.36. The highest BCUT2D eigenvalue weighted by Gasteiger charge is 2.47. The van der Waals surface area contributed by atoms with Crippen LogP contribution in [-0.2, 0) is 14.3 Å². The second kappa shape index (κ2) is 9.04. The highest BCUT2D eigenvalue weighted by atomic mass is 16.5. The number of likely N-dealkylation sites (tertiary alicyclic amines) is 1. The molecule has 2 heterocycles. The topological polar surface area (TPSA) is 85.3 Å². The highest BCUT2D eigenvalue weighted by Crippen LogP contribution is 2.42. The van der Waals surface area contributed by atoms with E-state index >= 15 is 0 Å². The van der Waals surface area contributed by atoms with E-state index in [2.05, 4.69) is 0 Å². The van der Waals surface area contributed by atoms with Crippen molar-refractivity contribution in [2.24, 2.45) is 0 Å². The number of hydrogen-bond acceptors (Lipinski definition) is 6. The van der Waals surface area contributed by atoms with Crippen LogP contribution in [0.25, 0.3) is 5.76 Å². The Morgan fingerprint density at radius 2 is 1.81 bits per heavy atom. The van der Waals surface area contributed by atoms with E-state index in [9.17, 15) is 14.7 Å². The first-order valence-corrected chi connectivity index (χ1v) is 10.6. The number of ketones is 1. The molecule has 168 valence electrons. The molecule has 0 radical (unpaired) electrons. The third kappa shape index (κ3) is 3.96. The molecule has 0 unspecified atom stereocenters. The summed E-state index contributed by atoms with van der Waals surface area (Å²) >= 11 is 0. The summed E-state index contributed by atoms with van der Waals surface area (Å²) in [6.45, 7) is 2.85. The largest absolute Gasteiger partial charge is 0.507 e. The Morgan fingerprint density at radius 3 is 2.44 bits per heavy atom. The minimum Gasteiger partial charge on any atom is -0.507 e. The number of ether oxygens (including phenoxy) is 3. The molecular weight excluding hydrogens is 410 g/mol. The SMILES string of the molecule is COc1ccc([C@@H]2C(=C(O)c3ccc(C)cc3)C(=O)C(=O)N2C[C@@H]2CCCO2)cc1OC. The molecule has 1 amide bonds. The van der Waals surface area contributed by atoms with Crippen LogP contribution in [0.1, 0.15) is 35.6 Å². The molecule has 32 heavy (non-hydrogen) atoms. The number of carbonyl (C=O) groups excluding carboxylic acids is 2. The number of nitrogens with zero attached hydrogens (tertiary/aromatic N) is 1. The molecular formula is C25H27NO6. The van der Waals surface area contributed by atoms with E-state index in [1.165, 1.54) is 12.0 Å². The molecule has 0 spiro atoms. The second-order valence-corrected chi connectivity index (χ2v) is 8.07. The summed E-state index contributed by atoms with van der Waals surface area (Å²) in [4.78, 5) is 27.7. The van der Waals surface area contributed by atoms with E-state index in [1.807, 2.05) is 19.1 Å². The molecule has 2 aliphatic rings. The molecule has 0 bridgehead atoms. The smallest absolute Gasteiger partial charge is 0.295 e. The van der Waals surface area contributed by atoms with E-state index in [-0.39, 0.29) is 24.0 Å². The summed E-state index contributed by atoms with van der Waals surface area (Å²) < 4.78 is 16.5. The number of rotatable bonds is 6. The normalized spacial score (nSPS) is 22.4. The Hall–Kier alpha value is -3.32. The summed E-state index contributed by atoms with van der Waals surface area (Å²) in [6, 6.07) is 11.7. The van der Waals surface area contributed by atoms with E-state index in [0.29, 0.717) is 29.2 Å². The van der Waals surface area contributed by atoms with Gasteiger partial charge in [0.2, 0.25) is 0 Å². The summed E-state index contributed by atoms with van der Waals surface area (Å²) in [5, 5.41) is 11.1. The van der Waals surface area contributed by atoms with Gasteiger partial charge in [0.25, 0.3) is 11.7 Å². The molecule has 2 aliphatic heterocycles. The van der Waals surface area contributed by atoms with Crippen molar-refractivity contribution >= 4 is 17.4 Å². The van der Waals surface area contributed by atoms with Crippen LogP contribution in [0.15, 0.2) is 48.0 Å². The van der Waals surface area contributed by atoms with Crippen molar-refractivity contribution in [2.45, 2.75) is 31.9 Å². The van der Waals surface area contributed by atoms with Crippen LogP contribution in [0.4, 0.5) is 0 Å². The number of aliphatic hydroxyl groups excluding tert-OH is 1. The average molecular weight is 437 g/mol. The fourth-order valence-corrected chi connectivity index (χ4v) is 4.31. The van der Waals surface area contributed by atoms with Crippen molar-refractivity contribution in [1.82, 2.24) is 4.90 Å². The maximum absolute atomic E-state index is 13.1. The van der Waals surface area contributed by atoms with Crippen molar-refractivity contribution in [1.29, 1.82) is 0 Å². The quantitative estimate of drug-likeness (QED) is 0.422. The Kier molecular flexibility index (Phi) is 6.19. The fraction of sp³-hybridized carbons (Fsp3) is 0.360. The van der Waals surface area contributed by atoms with Gasteiger partial charge in [0.05, 0.1) is 31.9 Å². The van der Waals surface area contributed by atoms with Crippen molar-refractivity contribution < 1.29 is 28.9 Å². The van der Waals surface area contributed by atoms with Crippen LogP contribution in [0, 0.1) is 6.92 Å². The molecule has 4 rings (SSSR count). The van der Waals surface area contributed by atoms with Gasteiger partial charge < -0.3 is 24.2 Å². The van der Waals surface area contributed by atoms with Crippen LogP contribution in [0.3, 0.4) is 0 Å². The predicted octanol–water partition coefficient (Wildman–Crippen LogP) is 3.61. The zero-order chi connectivity index (χ0) is 22.8. The number of methoxy groups -OCH3 is 2. The van der Waals surface area contributed by atoms with Crippen LogP contribution in [-0.4, -0.2) is 55.2 Å². The number of amides is 1. The zero-order valence-electron chi connectivity index (χ0n) is 18.5. The highest BCUT2D eigenvalue weighted by molar-refractivity contribution is 6.46. The molecule has 2 aromatic carbocycles. The van der Waals surface area contributed by atoms with Gasteiger partial charge in [0, 0.05) is 18.7 Å².